The van der Waals surface area contributed by atoms with Gasteiger partial charge in [0.15, 0.2) is 0 Å². The summed E-state index contributed by atoms with van der Waals surface area (Å²) in [5, 5.41) is 2.80. The van der Waals surface area contributed by atoms with E-state index in [9.17, 15) is 0 Å². The van der Waals surface area contributed by atoms with E-state index < -0.39 is 0 Å². The van der Waals surface area contributed by atoms with Gasteiger partial charge >= 0.3 is 0 Å². The largest absolute Gasteiger partial charge is 0.0628 e. The number of benzene rings is 2. The summed E-state index contributed by atoms with van der Waals surface area (Å²) < 4.78 is 0. The van der Waals surface area contributed by atoms with Crippen molar-refractivity contribution in [3.8, 4) is 0 Å². The molecule has 1 atom stereocenters. The molecular weight excluding hydrogens is 216 g/mol. The highest BCUT2D eigenvalue weighted by molar-refractivity contribution is 5.86. The molecule has 0 N–H and O–H groups in total. The van der Waals surface area contributed by atoms with E-state index in [1.165, 1.54) is 22.8 Å². The molecule has 0 amide bonds. The third kappa shape index (κ3) is 2.75. The molecule has 2 rings (SSSR count). The van der Waals surface area contributed by atoms with Crippen LogP contribution < -0.4 is 0 Å². The van der Waals surface area contributed by atoms with E-state index in [0.717, 1.165) is 5.92 Å². The molecular formula is C18H24. The molecule has 0 heterocycles. The van der Waals surface area contributed by atoms with Gasteiger partial charge in [0, 0.05) is 0 Å². The molecule has 96 valence electrons. The van der Waals surface area contributed by atoms with Gasteiger partial charge in [0.2, 0.25) is 0 Å². The first-order valence-corrected chi connectivity index (χ1v) is 7.07. The van der Waals surface area contributed by atoms with Crippen molar-refractivity contribution in [1.29, 1.82) is 0 Å². The molecule has 1 unspecified atom stereocenters. The molecule has 0 nitrogen and oxygen atoms in total. The molecule has 0 radical (unpaired) electrons. The van der Waals surface area contributed by atoms with Crippen LogP contribution in [0.4, 0.5) is 0 Å². The van der Waals surface area contributed by atoms with Crippen LogP contribution >= 0.6 is 0 Å². The predicted octanol–water partition coefficient (Wildman–Crippen LogP) is 5.63. The van der Waals surface area contributed by atoms with Crippen LogP contribution in [0.25, 0.3) is 10.8 Å². The predicted molar refractivity (Wildman–Crippen MR) is 81.0 cm³/mol. The minimum absolute atomic E-state index is 0.663. The van der Waals surface area contributed by atoms with Gasteiger partial charge in [-0.25, -0.2) is 0 Å². The Morgan fingerprint density at radius 1 is 0.833 bits per heavy atom. The van der Waals surface area contributed by atoms with E-state index >= 15 is 0 Å². The lowest BCUT2D eigenvalue weighted by molar-refractivity contribution is 0.410. The van der Waals surface area contributed by atoms with Crippen LogP contribution in [-0.4, -0.2) is 0 Å². The van der Waals surface area contributed by atoms with Crippen molar-refractivity contribution in [2.45, 2.75) is 40.0 Å². The Labute approximate surface area is 111 Å². The third-order valence-electron chi connectivity index (χ3n) is 3.75. The van der Waals surface area contributed by atoms with Crippen LogP contribution in [0, 0.1) is 11.8 Å². The molecule has 0 aliphatic heterocycles. The highest BCUT2D eigenvalue weighted by atomic mass is 14.2. The molecule has 0 aliphatic rings. The molecule has 0 aliphatic carbocycles. The smallest absolute Gasteiger partial charge is 0.0130 e. The maximum atomic E-state index is 2.34. The first kappa shape index (κ1) is 13.1. The second-order valence-electron chi connectivity index (χ2n) is 6.05. The Morgan fingerprint density at radius 2 is 1.50 bits per heavy atom. The molecule has 0 saturated carbocycles. The van der Waals surface area contributed by atoms with Crippen molar-refractivity contribution < 1.29 is 0 Å². The standard InChI is InChI=1S/C18H24/c1-13(2)12-18(14(3)4)17-11-7-9-15-8-5-6-10-16(15)17/h5-11,13-14,18H,12H2,1-4H3. The topological polar surface area (TPSA) is 0 Å². The second kappa shape index (κ2) is 5.56. The summed E-state index contributed by atoms with van der Waals surface area (Å²) >= 11 is 0. The molecule has 0 heteroatoms. The lowest BCUT2D eigenvalue weighted by Gasteiger charge is -2.24. The first-order chi connectivity index (χ1) is 8.59. The van der Waals surface area contributed by atoms with Gasteiger partial charge in [-0.3, -0.25) is 0 Å². The van der Waals surface area contributed by atoms with Gasteiger partial charge in [0.05, 0.1) is 0 Å². The Hall–Kier alpha value is -1.30. The fourth-order valence-corrected chi connectivity index (χ4v) is 2.84. The molecule has 0 aromatic heterocycles. The summed E-state index contributed by atoms with van der Waals surface area (Å²) in [5.41, 5.74) is 1.52. The lowest BCUT2D eigenvalue weighted by Crippen LogP contribution is -2.10. The fraction of sp³-hybridized carbons (Fsp3) is 0.444. The van der Waals surface area contributed by atoms with Crippen LogP contribution in [0.1, 0.15) is 45.6 Å². The van der Waals surface area contributed by atoms with E-state index in [0.29, 0.717) is 11.8 Å². The van der Waals surface area contributed by atoms with Crippen LogP contribution in [0.3, 0.4) is 0 Å². The summed E-state index contributed by atoms with van der Waals surface area (Å²) in [6.45, 7) is 9.32. The molecule has 0 fully saturated rings. The number of fused-ring (bicyclic) bond motifs is 1. The van der Waals surface area contributed by atoms with E-state index in [1.807, 2.05) is 0 Å². The van der Waals surface area contributed by atoms with Gasteiger partial charge in [-0.15, -0.1) is 0 Å². The van der Waals surface area contributed by atoms with Crippen molar-refractivity contribution in [2.75, 3.05) is 0 Å². The minimum Gasteiger partial charge on any atom is -0.0628 e. The maximum absolute atomic E-state index is 2.34. The van der Waals surface area contributed by atoms with Crippen LogP contribution in [0.5, 0.6) is 0 Å². The van der Waals surface area contributed by atoms with Crippen molar-refractivity contribution in [3.63, 3.8) is 0 Å². The SMILES string of the molecule is CC(C)CC(c1cccc2ccccc12)C(C)C. The van der Waals surface area contributed by atoms with E-state index in [-0.39, 0.29) is 0 Å². The van der Waals surface area contributed by atoms with Gasteiger partial charge < -0.3 is 0 Å². The zero-order chi connectivity index (χ0) is 13.1. The summed E-state index contributed by atoms with van der Waals surface area (Å²) in [7, 11) is 0. The Kier molecular flexibility index (Phi) is 4.06. The van der Waals surface area contributed by atoms with Gasteiger partial charge in [-0.05, 0) is 40.5 Å². The molecule has 0 spiro atoms. The molecule has 0 bridgehead atoms. The van der Waals surface area contributed by atoms with E-state index in [4.69, 9.17) is 0 Å². The molecule has 2 aromatic rings. The second-order valence-corrected chi connectivity index (χ2v) is 6.05. The van der Waals surface area contributed by atoms with Crippen molar-refractivity contribution >= 4 is 10.8 Å². The van der Waals surface area contributed by atoms with Crippen LogP contribution in [-0.2, 0) is 0 Å². The molecule has 18 heavy (non-hydrogen) atoms. The Balaban J connectivity index is 2.50. The van der Waals surface area contributed by atoms with E-state index in [1.54, 1.807) is 0 Å². The number of hydrogen-bond donors (Lipinski definition) is 0. The van der Waals surface area contributed by atoms with Crippen LogP contribution in [0.15, 0.2) is 42.5 Å². The highest BCUT2D eigenvalue weighted by Gasteiger charge is 2.19. The zero-order valence-electron chi connectivity index (χ0n) is 12.0. The maximum Gasteiger partial charge on any atom is -0.0130 e. The summed E-state index contributed by atoms with van der Waals surface area (Å²) in [4.78, 5) is 0. The normalized spacial score (nSPS) is 13.4. The summed E-state index contributed by atoms with van der Waals surface area (Å²) in [6.07, 6.45) is 1.27. The number of hydrogen-bond acceptors (Lipinski definition) is 0. The van der Waals surface area contributed by atoms with Crippen molar-refractivity contribution in [3.05, 3.63) is 48.0 Å². The van der Waals surface area contributed by atoms with Gasteiger partial charge in [-0.2, -0.15) is 0 Å². The zero-order valence-corrected chi connectivity index (χ0v) is 12.0. The molecule has 0 saturated heterocycles. The quantitative estimate of drug-likeness (QED) is 0.650. The lowest BCUT2D eigenvalue weighted by atomic mass is 9.80. The average Bonchev–Trinajstić information content (AvgIpc) is 2.35. The van der Waals surface area contributed by atoms with Crippen LogP contribution in [0.2, 0.25) is 0 Å². The first-order valence-electron chi connectivity index (χ1n) is 7.07. The van der Waals surface area contributed by atoms with E-state index in [2.05, 4.69) is 70.2 Å². The van der Waals surface area contributed by atoms with Gasteiger partial charge in [-0.1, -0.05) is 70.2 Å². The summed E-state index contributed by atoms with van der Waals surface area (Å²) in [6, 6.07) is 15.5. The van der Waals surface area contributed by atoms with Crippen molar-refractivity contribution in [1.82, 2.24) is 0 Å². The third-order valence-corrected chi connectivity index (χ3v) is 3.75. The highest BCUT2D eigenvalue weighted by Crippen LogP contribution is 2.35. The van der Waals surface area contributed by atoms with Gasteiger partial charge in [0.25, 0.3) is 0 Å². The fourth-order valence-electron chi connectivity index (χ4n) is 2.84. The number of rotatable bonds is 4. The van der Waals surface area contributed by atoms with Gasteiger partial charge in [0.1, 0.15) is 0 Å². The minimum atomic E-state index is 0.663. The molecule has 2 aromatic carbocycles. The Morgan fingerprint density at radius 3 is 2.17 bits per heavy atom. The summed E-state index contributed by atoms with van der Waals surface area (Å²) in [5.74, 6) is 2.10. The Bertz CT molecular complexity index is 503. The monoisotopic (exact) mass is 240 g/mol. The van der Waals surface area contributed by atoms with Crippen molar-refractivity contribution in [2.24, 2.45) is 11.8 Å². The average molecular weight is 240 g/mol.